The van der Waals surface area contributed by atoms with Gasteiger partial charge in [0.15, 0.2) is 5.69 Å². The van der Waals surface area contributed by atoms with E-state index in [0.717, 1.165) is 0 Å². The van der Waals surface area contributed by atoms with Crippen LogP contribution < -0.4 is 10.9 Å². The molecule has 3 aromatic rings. The van der Waals surface area contributed by atoms with E-state index >= 15 is 0 Å². The van der Waals surface area contributed by atoms with Gasteiger partial charge in [-0.2, -0.15) is 18.3 Å². The molecule has 1 aromatic carbocycles. The normalized spacial score (nSPS) is 21.1. The molecule has 2 fully saturated rings. The first-order valence-electron chi connectivity index (χ1n) is 11.6. The number of hydrogen-bond donors (Lipinski definition) is 2. The Bertz CT molecular complexity index is 1370. The number of likely N-dealkylation sites (N-methyl/N-ethyl adjacent to an activating group) is 1. The topological polar surface area (TPSA) is 82.5 Å². The Morgan fingerprint density at radius 1 is 1.31 bits per heavy atom. The quantitative estimate of drug-likeness (QED) is 0.533. The van der Waals surface area contributed by atoms with Crippen LogP contribution in [0.15, 0.2) is 29.2 Å². The third-order valence-corrected chi connectivity index (χ3v) is 7.04. The van der Waals surface area contributed by atoms with Gasteiger partial charge in [0.25, 0.3) is 11.5 Å². The minimum atomic E-state index is -4.65. The summed E-state index contributed by atoms with van der Waals surface area (Å²) in [6, 6.07) is 4.49. The summed E-state index contributed by atoms with van der Waals surface area (Å²) < 4.78 is 57.6. The standard InChI is InChI=1S/C24H25F4N5O2/c1-3-32-9-8-23(12-32,24(26,27)28)30-21(34)19-18(14-6-7-14)20-22(35)29-17(11-33(20)31-19)15-5-4-13(2)16(25)10-15/h4-5,10-11,14H,3,6-9,12H2,1-2H3,(H,29,35)(H,30,34). The first kappa shape index (κ1) is 23.5. The van der Waals surface area contributed by atoms with Crippen molar-refractivity contribution in [2.24, 2.45) is 0 Å². The summed E-state index contributed by atoms with van der Waals surface area (Å²) in [5.74, 6) is -1.53. The van der Waals surface area contributed by atoms with Gasteiger partial charge >= 0.3 is 6.18 Å². The molecule has 2 aliphatic rings. The van der Waals surface area contributed by atoms with E-state index in [9.17, 15) is 27.2 Å². The van der Waals surface area contributed by atoms with Crippen LogP contribution in [0, 0.1) is 12.7 Å². The summed E-state index contributed by atoms with van der Waals surface area (Å²) >= 11 is 0. The maximum Gasteiger partial charge on any atom is 0.412 e. The van der Waals surface area contributed by atoms with Crippen molar-refractivity contribution in [3.05, 3.63) is 57.4 Å². The third kappa shape index (κ3) is 4.01. The predicted octanol–water partition coefficient (Wildman–Crippen LogP) is 3.77. The zero-order valence-corrected chi connectivity index (χ0v) is 19.3. The lowest BCUT2D eigenvalue weighted by Crippen LogP contribution is -2.60. The number of H-pyrrole nitrogens is 1. The Morgan fingerprint density at radius 3 is 2.66 bits per heavy atom. The predicted molar refractivity (Wildman–Crippen MR) is 121 cm³/mol. The largest absolute Gasteiger partial charge is 0.412 e. The third-order valence-electron chi connectivity index (χ3n) is 7.04. The fourth-order valence-corrected chi connectivity index (χ4v) is 4.78. The molecule has 1 unspecified atom stereocenters. The maximum absolute atomic E-state index is 14.1. The van der Waals surface area contributed by atoms with E-state index in [-0.39, 0.29) is 42.3 Å². The number of nitrogens with zero attached hydrogens (tertiary/aromatic N) is 3. The van der Waals surface area contributed by atoms with Gasteiger partial charge in [0.1, 0.15) is 16.9 Å². The summed E-state index contributed by atoms with van der Waals surface area (Å²) in [4.78, 5) is 30.6. The van der Waals surface area contributed by atoms with Gasteiger partial charge in [-0.15, -0.1) is 0 Å². The number of carbonyl (C=O) groups is 1. The van der Waals surface area contributed by atoms with Crippen LogP contribution in [0.4, 0.5) is 17.6 Å². The lowest BCUT2D eigenvalue weighted by Gasteiger charge is -2.32. The molecule has 11 heteroatoms. The van der Waals surface area contributed by atoms with Crippen LogP contribution in [-0.2, 0) is 0 Å². The van der Waals surface area contributed by atoms with E-state index in [1.165, 1.54) is 16.8 Å². The molecular weight excluding hydrogens is 466 g/mol. The first-order valence-corrected chi connectivity index (χ1v) is 11.6. The van der Waals surface area contributed by atoms with Gasteiger partial charge in [-0.25, -0.2) is 8.91 Å². The van der Waals surface area contributed by atoms with Crippen LogP contribution in [0.3, 0.4) is 0 Å². The number of alkyl halides is 3. The average molecular weight is 491 g/mol. The molecule has 1 atom stereocenters. The monoisotopic (exact) mass is 491 g/mol. The second-order valence-electron chi connectivity index (χ2n) is 9.44. The Morgan fingerprint density at radius 2 is 2.06 bits per heavy atom. The van der Waals surface area contributed by atoms with Gasteiger partial charge in [-0.1, -0.05) is 19.1 Å². The van der Waals surface area contributed by atoms with Crippen molar-refractivity contribution in [1.82, 2.24) is 24.8 Å². The molecule has 7 nitrogen and oxygen atoms in total. The van der Waals surface area contributed by atoms with Crippen molar-refractivity contribution in [1.29, 1.82) is 0 Å². The molecule has 3 heterocycles. The van der Waals surface area contributed by atoms with Crippen molar-refractivity contribution >= 4 is 11.4 Å². The Hall–Kier alpha value is -3.21. The lowest BCUT2D eigenvalue weighted by atomic mass is 9.97. The van der Waals surface area contributed by atoms with Crippen molar-refractivity contribution in [2.75, 3.05) is 19.6 Å². The molecule has 0 radical (unpaired) electrons. The number of carbonyl (C=O) groups excluding carboxylic acids is 1. The van der Waals surface area contributed by atoms with E-state index in [2.05, 4.69) is 15.4 Å². The molecule has 186 valence electrons. The SMILES string of the molecule is CCN1CCC(NC(=O)c2nn3cc(-c4ccc(C)c(F)c4)[nH]c(=O)c3c2C2CC2)(C(F)(F)F)C1. The van der Waals surface area contributed by atoms with Crippen molar-refractivity contribution in [2.45, 2.75) is 50.7 Å². The number of benzene rings is 1. The maximum atomic E-state index is 14.1. The van der Waals surface area contributed by atoms with Crippen LogP contribution in [0.1, 0.15) is 53.7 Å². The zero-order chi connectivity index (χ0) is 25.1. The lowest BCUT2D eigenvalue weighted by molar-refractivity contribution is -0.189. The summed E-state index contributed by atoms with van der Waals surface area (Å²) in [7, 11) is 0. The molecule has 1 amide bonds. The van der Waals surface area contributed by atoms with Crippen LogP contribution >= 0.6 is 0 Å². The first-order chi connectivity index (χ1) is 16.5. The van der Waals surface area contributed by atoms with E-state index in [1.807, 2.05) is 0 Å². The Labute approximate surface area is 198 Å². The highest BCUT2D eigenvalue weighted by Gasteiger charge is 2.59. The number of rotatable bonds is 5. The van der Waals surface area contributed by atoms with Crippen molar-refractivity contribution < 1.29 is 22.4 Å². The molecule has 0 spiro atoms. The van der Waals surface area contributed by atoms with Crippen molar-refractivity contribution in [3.8, 4) is 11.3 Å². The summed E-state index contributed by atoms with van der Waals surface area (Å²) in [5, 5.41) is 6.50. The van der Waals surface area contributed by atoms with Gasteiger partial charge < -0.3 is 15.2 Å². The number of amides is 1. The van der Waals surface area contributed by atoms with Gasteiger partial charge in [0, 0.05) is 24.2 Å². The Kier molecular flexibility index (Phi) is 5.50. The summed E-state index contributed by atoms with van der Waals surface area (Å²) in [6.45, 7) is 3.70. The number of aryl methyl sites for hydroxylation is 1. The molecule has 1 aliphatic carbocycles. The second-order valence-corrected chi connectivity index (χ2v) is 9.44. The smallest absolute Gasteiger partial charge is 0.335 e. The van der Waals surface area contributed by atoms with E-state index in [4.69, 9.17) is 0 Å². The molecule has 2 N–H and O–H groups in total. The van der Waals surface area contributed by atoms with Crippen molar-refractivity contribution in [3.63, 3.8) is 0 Å². The molecule has 1 saturated carbocycles. The molecular formula is C24H25F4N5O2. The fraction of sp³-hybridized carbons (Fsp3) is 0.458. The summed E-state index contributed by atoms with van der Waals surface area (Å²) in [5.41, 5.74) is -1.50. The van der Waals surface area contributed by atoms with Crippen LogP contribution in [-0.4, -0.2) is 56.8 Å². The number of aromatic nitrogens is 3. The number of halogens is 4. The zero-order valence-electron chi connectivity index (χ0n) is 19.3. The van der Waals surface area contributed by atoms with E-state index < -0.39 is 29.0 Å². The highest BCUT2D eigenvalue weighted by Crippen LogP contribution is 2.44. The number of likely N-dealkylation sites (tertiary alicyclic amines) is 1. The highest BCUT2D eigenvalue weighted by molar-refractivity contribution is 5.97. The average Bonchev–Trinajstić information content (AvgIpc) is 3.41. The Balaban J connectivity index is 1.58. The van der Waals surface area contributed by atoms with E-state index in [1.54, 1.807) is 30.9 Å². The minimum absolute atomic E-state index is 0.122. The number of hydrogen-bond acceptors (Lipinski definition) is 4. The van der Waals surface area contributed by atoms with Gasteiger partial charge in [0.05, 0.1) is 11.9 Å². The molecule has 0 bridgehead atoms. The molecule has 1 saturated heterocycles. The van der Waals surface area contributed by atoms with E-state index in [0.29, 0.717) is 36.1 Å². The molecule has 5 rings (SSSR count). The van der Waals surface area contributed by atoms with Crippen LogP contribution in [0.5, 0.6) is 0 Å². The van der Waals surface area contributed by atoms with Gasteiger partial charge in [0.2, 0.25) is 0 Å². The number of aromatic amines is 1. The number of nitrogens with one attached hydrogen (secondary N) is 2. The second kappa shape index (κ2) is 8.18. The number of fused-ring (bicyclic) bond motifs is 1. The van der Waals surface area contributed by atoms with Crippen LogP contribution in [0.2, 0.25) is 0 Å². The molecule has 1 aliphatic heterocycles. The molecule has 35 heavy (non-hydrogen) atoms. The highest BCUT2D eigenvalue weighted by atomic mass is 19.4. The van der Waals surface area contributed by atoms with Gasteiger partial charge in [-0.3, -0.25) is 9.59 Å². The molecule has 2 aromatic heterocycles. The van der Waals surface area contributed by atoms with Crippen LogP contribution in [0.25, 0.3) is 16.8 Å². The fourth-order valence-electron chi connectivity index (χ4n) is 4.78. The summed E-state index contributed by atoms with van der Waals surface area (Å²) in [6.07, 6.45) is -2.03. The minimum Gasteiger partial charge on any atom is -0.335 e. The van der Waals surface area contributed by atoms with Gasteiger partial charge in [-0.05, 0) is 50.3 Å².